The number of carbonyl (C=O) groups is 1. The molecule has 1 rings (SSSR count). The summed E-state index contributed by atoms with van der Waals surface area (Å²) in [6.07, 6.45) is 0. The lowest BCUT2D eigenvalue weighted by Gasteiger charge is -2.11. The molecule has 15 heavy (non-hydrogen) atoms. The Morgan fingerprint density at radius 2 is 2.33 bits per heavy atom. The molecule has 0 saturated heterocycles. The van der Waals surface area contributed by atoms with Crippen molar-refractivity contribution in [3.05, 3.63) is 27.7 Å². The SMILES string of the molecule is CC(CNc1cc(Br)ccc1Cl)C(N)=O. The Kier molecular flexibility index (Phi) is 4.42. The predicted molar refractivity (Wildman–Crippen MR) is 66.0 cm³/mol. The van der Waals surface area contributed by atoms with Crippen LogP contribution in [0.15, 0.2) is 22.7 Å². The van der Waals surface area contributed by atoms with Crippen LogP contribution in [0.4, 0.5) is 5.69 Å². The monoisotopic (exact) mass is 290 g/mol. The third kappa shape index (κ3) is 3.72. The molecule has 1 atom stereocenters. The van der Waals surface area contributed by atoms with E-state index in [0.717, 1.165) is 10.2 Å². The Morgan fingerprint density at radius 3 is 2.93 bits per heavy atom. The van der Waals surface area contributed by atoms with Gasteiger partial charge in [-0.1, -0.05) is 34.5 Å². The Morgan fingerprint density at radius 1 is 1.67 bits per heavy atom. The summed E-state index contributed by atoms with van der Waals surface area (Å²) in [6, 6.07) is 5.49. The fraction of sp³-hybridized carbons (Fsp3) is 0.300. The van der Waals surface area contributed by atoms with Gasteiger partial charge in [-0.15, -0.1) is 0 Å². The lowest BCUT2D eigenvalue weighted by atomic mass is 10.1. The van der Waals surface area contributed by atoms with Gasteiger partial charge in [0.1, 0.15) is 0 Å². The van der Waals surface area contributed by atoms with Gasteiger partial charge in [0, 0.05) is 11.0 Å². The van der Waals surface area contributed by atoms with Crippen molar-refractivity contribution in [3.8, 4) is 0 Å². The second-order valence-electron chi connectivity index (χ2n) is 3.31. The molecule has 3 nitrogen and oxygen atoms in total. The van der Waals surface area contributed by atoms with E-state index in [1.165, 1.54) is 0 Å². The molecule has 1 amide bonds. The Bertz CT molecular complexity index is 370. The van der Waals surface area contributed by atoms with Gasteiger partial charge in [0.2, 0.25) is 5.91 Å². The molecule has 0 saturated carbocycles. The third-order valence-corrected chi connectivity index (χ3v) is 2.84. The minimum Gasteiger partial charge on any atom is -0.383 e. The van der Waals surface area contributed by atoms with Crippen LogP contribution in [0.3, 0.4) is 0 Å². The molecule has 3 N–H and O–H groups in total. The average Bonchev–Trinajstić information content (AvgIpc) is 2.18. The van der Waals surface area contributed by atoms with Crippen LogP contribution in [-0.4, -0.2) is 12.5 Å². The average molecular weight is 292 g/mol. The van der Waals surface area contributed by atoms with Crippen LogP contribution in [0.2, 0.25) is 5.02 Å². The van der Waals surface area contributed by atoms with Crippen LogP contribution >= 0.6 is 27.5 Å². The first-order valence-corrected chi connectivity index (χ1v) is 5.66. The van der Waals surface area contributed by atoms with Crippen LogP contribution in [0.1, 0.15) is 6.92 Å². The van der Waals surface area contributed by atoms with E-state index in [1.807, 2.05) is 12.1 Å². The van der Waals surface area contributed by atoms with Crippen molar-refractivity contribution in [3.63, 3.8) is 0 Å². The molecule has 0 aliphatic heterocycles. The maximum atomic E-state index is 10.8. The molecule has 5 heteroatoms. The molecule has 0 aliphatic rings. The number of amides is 1. The van der Waals surface area contributed by atoms with Crippen LogP contribution in [0, 0.1) is 5.92 Å². The summed E-state index contributed by atoms with van der Waals surface area (Å²) in [5.74, 6) is -0.548. The van der Waals surface area contributed by atoms with Crippen molar-refractivity contribution in [2.75, 3.05) is 11.9 Å². The summed E-state index contributed by atoms with van der Waals surface area (Å²) >= 11 is 9.30. The van der Waals surface area contributed by atoms with E-state index in [4.69, 9.17) is 17.3 Å². The maximum Gasteiger partial charge on any atom is 0.222 e. The van der Waals surface area contributed by atoms with E-state index < -0.39 is 0 Å². The van der Waals surface area contributed by atoms with Gasteiger partial charge in [-0.05, 0) is 18.2 Å². The molecule has 0 spiro atoms. The van der Waals surface area contributed by atoms with Crippen LogP contribution < -0.4 is 11.1 Å². The van der Waals surface area contributed by atoms with Gasteiger partial charge in [0.25, 0.3) is 0 Å². The molecule has 1 unspecified atom stereocenters. The second kappa shape index (κ2) is 5.37. The van der Waals surface area contributed by atoms with Gasteiger partial charge >= 0.3 is 0 Å². The number of nitrogens with one attached hydrogen (secondary N) is 1. The topological polar surface area (TPSA) is 55.1 Å². The first-order valence-electron chi connectivity index (χ1n) is 4.49. The first-order chi connectivity index (χ1) is 7.00. The zero-order valence-electron chi connectivity index (χ0n) is 8.26. The van der Waals surface area contributed by atoms with Crippen molar-refractivity contribution in [1.82, 2.24) is 0 Å². The molecule has 0 aromatic heterocycles. The lowest BCUT2D eigenvalue weighted by Crippen LogP contribution is -2.26. The Labute approximate surface area is 102 Å². The largest absolute Gasteiger partial charge is 0.383 e. The normalized spacial score (nSPS) is 12.2. The Hall–Kier alpha value is -0.740. The van der Waals surface area contributed by atoms with Gasteiger partial charge in [-0.25, -0.2) is 0 Å². The molecule has 0 bridgehead atoms. The number of rotatable bonds is 4. The van der Waals surface area contributed by atoms with Crippen molar-refractivity contribution in [2.24, 2.45) is 11.7 Å². The van der Waals surface area contributed by atoms with Crippen molar-refractivity contribution in [1.29, 1.82) is 0 Å². The van der Waals surface area contributed by atoms with E-state index in [2.05, 4.69) is 21.2 Å². The van der Waals surface area contributed by atoms with Crippen molar-refractivity contribution >= 4 is 39.1 Å². The first kappa shape index (κ1) is 12.3. The predicted octanol–water partition coefficient (Wildman–Crippen LogP) is 2.64. The maximum absolute atomic E-state index is 10.8. The Balaban J connectivity index is 2.65. The summed E-state index contributed by atoms with van der Waals surface area (Å²) in [7, 11) is 0. The number of hydrogen-bond acceptors (Lipinski definition) is 2. The number of halogens is 2. The van der Waals surface area contributed by atoms with Crippen LogP contribution in [-0.2, 0) is 4.79 Å². The number of primary amides is 1. The van der Waals surface area contributed by atoms with E-state index in [9.17, 15) is 4.79 Å². The third-order valence-electron chi connectivity index (χ3n) is 2.01. The quantitative estimate of drug-likeness (QED) is 0.896. The fourth-order valence-electron chi connectivity index (χ4n) is 0.997. The van der Waals surface area contributed by atoms with Crippen LogP contribution in [0.25, 0.3) is 0 Å². The summed E-state index contributed by atoms with van der Waals surface area (Å²) in [5.41, 5.74) is 5.94. The molecule has 82 valence electrons. The second-order valence-corrected chi connectivity index (χ2v) is 4.63. The summed E-state index contributed by atoms with van der Waals surface area (Å²) < 4.78 is 0.932. The number of nitrogens with two attached hydrogens (primary N) is 1. The number of benzene rings is 1. The minimum atomic E-state index is -0.325. The van der Waals surface area contributed by atoms with Gasteiger partial charge in [0.15, 0.2) is 0 Å². The highest BCUT2D eigenvalue weighted by Crippen LogP contribution is 2.25. The molecular formula is C10H12BrClN2O. The van der Waals surface area contributed by atoms with Gasteiger partial charge in [0.05, 0.1) is 16.6 Å². The van der Waals surface area contributed by atoms with E-state index in [1.54, 1.807) is 13.0 Å². The van der Waals surface area contributed by atoms with E-state index >= 15 is 0 Å². The summed E-state index contributed by atoms with van der Waals surface area (Å²) in [4.78, 5) is 10.8. The lowest BCUT2D eigenvalue weighted by molar-refractivity contribution is -0.120. The highest BCUT2D eigenvalue weighted by Gasteiger charge is 2.09. The summed E-state index contributed by atoms with van der Waals surface area (Å²) in [5, 5.41) is 3.69. The molecule has 0 heterocycles. The van der Waals surface area contributed by atoms with Crippen LogP contribution in [0.5, 0.6) is 0 Å². The van der Waals surface area contributed by atoms with Gasteiger partial charge < -0.3 is 11.1 Å². The highest BCUT2D eigenvalue weighted by atomic mass is 79.9. The van der Waals surface area contributed by atoms with E-state index in [0.29, 0.717) is 11.6 Å². The van der Waals surface area contributed by atoms with E-state index in [-0.39, 0.29) is 11.8 Å². The zero-order chi connectivity index (χ0) is 11.4. The number of anilines is 1. The standard InChI is InChI=1S/C10H12BrClN2O/c1-6(10(13)15)5-14-9-4-7(11)2-3-8(9)12/h2-4,6,14H,5H2,1H3,(H2,13,15). The summed E-state index contributed by atoms with van der Waals surface area (Å²) in [6.45, 7) is 2.24. The minimum absolute atomic E-state index is 0.222. The molecule has 1 aromatic carbocycles. The highest BCUT2D eigenvalue weighted by molar-refractivity contribution is 9.10. The number of carbonyl (C=O) groups excluding carboxylic acids is 1. The molecule has 1 aromatic rings. The molecule has 0 fully saturated rings. The molecular weight excluding hydrogens is 279 g/mol. The van der Waals surface area contributed by atoms with Gasteiger partial charge in [-0.2, -0.15) is 0 Å². The van der Waals surface area contributed by atoms with Crippen molar-refractivity contribution in [2.45, 2.75) is 6.92 Å². The molecule has 0 aliphatic carbocycles. The van der Waals surface area contributed by atoms with Gasteiger partial charge in [-0.3, -0.25) is 4.79 Å². The molecule has 0 radical (unpaired) electrons. The smallest absolute Gasteiger partial charge is 0.222 e. The van der Waals surface area contributed by atoms with Crippen molar-refractivity contribution < 1.29 is 4.79 Å². The fourth-order valence-corrected chi connectivity index (χ4v) is 1.54. The zero-order valence-corrected chi connectivity index (χ0v) is 10.6. The number of hydrogen-bond donors (Lipinski definition) is 2.